The van der Waals surface area contributed by atoms with Crippen LogP contribution in [0.5, 0.6) is 0 Å². The Kier molecular flexibility index (Phi) is 79.3. The Bertz CT molecular complexity index is 1940. The van der Waals surface area contributed by atoms with E-state index >= 15 is 0 Å². The van der Waals surface area contributed by atoms with Crippen molar-refractivity contribution >= 4 is 17.9 Å². The zero-order valence-electron chi connectivity index (χ0n) is 67.5. The first-order valence-electron chi connectivity index (χ1n) is 43.7. The van der Waals surface area contributed by atoms with Gasteiger partial charge in [0.05, 0.1) is 40.3 Å². The van der Waals surface area contributed by atoms with Crippen LogP contribution in [0.25, 0.3) is 0 Å². The maximum atomic E-state index is 13.0. The summed E-state index contributed by atoms with van der Waals surface area (Å²) in [5.41, 5.74) is 0. The van der Waals surface area contributed by atoms with Gasteiger partial charge in [-0.15, -0.1) is 0 Å². The van der Waals surface area contributed by atoms with Gasteiger partial charge in [-0.25, -0.2) is 0 Å². The fourth-order valence-corrected chi connectivity index (χ4v) is 13.0. The topological polar surface area (TPSA) is 111 Å². The molecule has 0 saturated heterocycles. The zero-order chi connectivity index (χ0) is 73.2. The molecule has 0 spiro atoms. The van der Waals surface area contributed by atoms with Crippen molar-refractivity contribution in [3.05, 3.63) is 85.1 Å². The predicted molar refractivity (Wildman–Crippen MR) is 435 cm³/mol. The van der Waals surface area contributed by atoms with Gasteiger partial charge in [0.25, 0.3) is 0 Å². The van der Waals surface area contributed by atoms with Crippen molar-refractivity contribution in [3.63, 3.8) is 0 Å². The van der Waals surface area contributed by atoms with Crippen LogP contribution in [0, 0.1) is 0 Å². The normalized spacial score (nSPS) is 13.0. The Hall–Kier alpha value is -3.53. The number of carboxylic acid groups (broad SMARTS) is 1. The Balaban J connectivity index is 3.94. The minimum atomic E-state index is -1.62. The van der Waals surface area contributed by atoms with Crippen molar-refractivity contribution in [3.8, 4) is 0 Å². The molecule has 0 saturated carbocycles. The molecule has 0 aromatic carbocycles. The van der Waals surface area contributed by atoms with E-state index in [2.05, 4.69) is 98.9 Å². The number of rotatable bonds is 82. The number of allylic oxidation sites excluding steroid dienone is 14. The number of aliphatic carboxylic acids is 1. The Labute approximate surface area is 627 Å². The molecule has 9 nitrogen and oxygen atoms in total. The molecule has 0 aliphatic carbocycles. The average Bonchev–Trinajstić information content (AvgIpc) is 1.21. The summed E-state index contributed by atoms with van der Waals surface area (Å²) in [4.78, 5) is 37.7. The molecule has 0 aliphatic rings. The Morgan fingerprint density at radius 2 is 0.564 bits per heavy atom. The van der Waals surface area contributed by atoms with Crippen LogP contribution in [0.1, 0.15) is 425 Å². The van der Waals surface area contributed by atoms with Crippen LogP contribution in [0.2, 0.25) is 0 Å². The number of nitrogens with zero attached hydrogens (tertiary/aromatic N) is 1. The number of quaternary nitrogens is 1. The molecule has 0 bridgehead atoms. The lowest BCUT2D eigenvalue weighted by Crippen LogP contribution is -2.44. The van der Waals surface area contributed by atoms with Gasteiger partial charge in [0.1, 0.15) is 13.2 Å². The Morgan fingerprint density at radius 1 is 0.307 bits per heavy atom. The number of likely N-dealkylation sites (N-methyl/N-ethyl adjacent to an activating group) is 1. The summed E-state index contributed by atoms with van der Waals surface area (Å²) in [6.45, 7) is 4.70. The van der Waals surface area contributed by atoms with E-state index in [1.807, 2.05) is 21.1 Å². The van der Waals surface area contributed by atoms with Crippen molar-refractivity contribution in [1.82, 2.24) is 0 Å². The van der Waals surface area contributed by atoms with Crippen LogP contribution in [0.3, 0.4) is 0 Å². The van der Waals surface area contributed by atoms with Crippen molar-refractivity contribution < 1.29 is 42.9 Å². The number of carboxylic acids is 1. The maximum Gasteiger partial charge on any atom is 0.306 e. The van der Waals surface area contributed by atoms with Crippen LogP contribution in [-0.2, 0) is 33.3 Å². The second-order valence-electron chi connectivity index (χ2n) is 30.8. The van der Waals surface area contributed by atoms with E-state index in [0.29, 0.717) is 23.9 Å². The molecule has 0 rings (SSSR count). The summed E-state index contributed by atoms with van der Waals surface area (Å²) >= 11 is 0. The summed E-state index contributed by atoms with van der Waals surface area (Å²) in [5.74, 6) is -2.25. The molecular formula is C92H167NO8. The molecule has 0 radical (unpaired) electrons. The van der Waals surface area contributed by atoms with Crippen LogP contribution < -0.4 is 5.11 Å². The minimum absolute atomic E-state index is 0.149. The monoisotopic (exact) mass is 1410 g/mol. The van der Waals surface area contributed by atoms with Gasteiger partial charge in [-0.2, -0.15) is 0 Å². The first-order chi connectivity index (χ1) is 49.6. The maximum absolute atomic E-state index is 13.0. The molecule has 9 heteroatoms. The van der Waals surface area contributed by atoms with Gasteiger partial charge in [-0.1, -0.05) is 407 Å². The van der Waals surface area contributed by atoms with Crippen LogP contribution >= 0.6 is 0 Å². The molecule has 2 unspecified atom stereocenters. The van der Waals surface area contributed by atoms with E-state index in [1.54, 1.807) is 0 Å². The summed E-state index contributed by atoms with van der Waals surface area (Å²) in [6.07, 6.45) is 110. The standard InChI is InChI=1S/C92H167NO8/c1-6-8-10-12-14-16-18-20-22-24-26-28-30-32-34-36-38-40-42-44-45-47-49-51-53-55-57-59-61-63-65-67-69-71-73-75-77-79-81-83-90(95)101-88(87-100-92(91(96)97)98-85-84-93(3,4)5)86-99-89(94)82-80-78-76-74-72-70-68-66-64-62-60-58-56-54-52-50-48-46-43-41-39-37-35-33-31-29-27-25-23-21-19-17-15-13-11-9-7-2/h8,10,14,16,20,22,25-28,32,34,38,40,88,92H,6-7,9,11-13,15,17-19,21,23-24,29-31,33,35-37,39,41-87H2,1-5H3/b10-8-,16-14-,22-20-,27-25-,28-26-,34-32-,40-38-. The van der Waals surface area contributed by atoms with E-state index in [4.69, 9.17) is 18.9 Å². The number of ether oxygens (including phenoxy) is 4. The average molecular weight is 1420 g/mol. The van der Waals surface area contributed by atoms with E-state index in [1.165, 1.54) is 321 Å². The van der Waals surface area contributed by atoms with Crippen LogP contribution in [-0.4, -0.2) is 82.3 Å². The number of esters is 2. The Morgan fingerprint density at radius 3 is 0.851 bits per heavy atom. The third-order valence-corrected chi connectivity index (χ3v) is 19.6. The summed E-state index contributed by atoms with van der Waals surface area (Å²) in [5, 5.41) is 11.9. The third-order valence-electron chi connectivity index (χ3n) is 19.6. The summed E-state index contributed by atoms with van der Waals surface area (Å²) < 4.78 is 22.9. The highest BCUT2D eigenvalue weighted by Crippen LogP contribution is 2.20. The van der Waals surface area contributed by atoms with Gasteiger partial charge in [0.15, 0.2) is 12.4 Å². The quantitative estimate of drug-likeness (QED) is 0.0195. The number of carbonyl (C=O) groups is 3. The predicted octanol–water partition coefficient (Wildman–Crippen LogP) is 27.2. The SMILES string of the molecule is CC/C=C\C/C=C\C/C=C\C/C=C\C/C=C\C/C=C\CCCCCCCCCCCCCCCCCCCCCCC(=O)OC(COC(=O)CCCCCCCCCCCCCCCCCCCCCCCCCCC/C=C\CCCCCCCCCC)COC(OCC[N+](C)(C)C)C(=O)[O-]. The smallest absolute Gasteiger partial charge is 0.306 e. The molecular weight excluding hydrogens is 1250 g/mol. The lowest BCUT2D eigenvalue weighted by molar-refractivity contribution is -0.870. The third kappa shape index (κ3) is 83.6. The second kappa shape index (κ2) is 82.1. The molecule has 0 aromatic heterocycles. The number of hydrogen-bond donors (Lipinski definition) is 0. The highest BCUT2D eigenvalue weighted by atomic mass is 16.7. The molecule has 0 heterocycles. The second-order valence-corrected chi connectivity index (χ2v) is 30.8. The van der Waals surface area contributed by atoms with Gasteiger partial charge >= 0.3 is 11.9 Å². The molecule has 0 fully saturated rings. The van der Waals surface area contributed by atoms with Gasteiger partial charge in [-0.3, -0.25) is 9.59 Å². The zero-order valence-corrected chi connectivity index (χ0v) is 67.5. The first kappa shape index (κ1) is 97.5. The fourth-order valence-electron chi connectivity index (χ4n) is 13.0. The highest BCUT2D eigenvalue weighted by molar-refractivity contribution is 5.70. The lowest BCUT2D eigenvalue weighted by Gasteiger charge is -2.26. The van der Waals surface area contributed by atoms with Crippen molar-refractivity contribution in [2.75, 3.05) is 47.5 Å². The van der Waals surface area contributed by atoms with E-state index in [-0.39, 0.29) is 32.2 Å². The minimum Gasteiger partial charge on any atom is -0.545 e. The van der Waals surface area contributed by atoms with Gasteiger partial charge < -0.3 is 33.3 Å². The molecule has 0 aromatic rings. The van der Waals surface area contributed by atoms with Crippen molar-refractivity contribution in [1.29, 1.82) is 0 Å². The van der Waals surface area contributed by atoms with Gasteiger partial charge in [0.2, 0.25) is 0 Å². The highest BCUT2D eigenvalue weighted by Gasteiger charge is 2.22. The number of hydrogen-bond acceptors (Lipinski definition) is 8. The van der Waals surface area contributed by atoms with Crippen molar-refractivity contribution in [2.24, 2.45) is 0 Å². The van der Waals surface area contributed by atoms with Crippen LogP contribution in [0.4, 0.5) is 0 Å². The number of carbonyl (C=O) groups excluding carboxylic acids is 3. The van der Waals surface area contributed by atoms with E-state index in [0.717, 1.165) is 70.6 Å². The molecule has 2 atom stereocenters. The molecule has 0 N–H and O–H groups in total. The fraction of sp³-hybridized carbons (Fsp3) is 0.815. The molecule has 0 aliphatic heterocycles. The first-order valence-corrected chi connectivity index (χ1v) is 43.7. The molecule has 588 valence electrons. The van der Waals surface area contributed by atoms with Crippen molar-refractivity contribution in [2.45, 2.75) is 437 Å². The molecule has 101 heavy (non-hydrogen) atoms. The van der Waals surface area contributed by atoms with Crippen LogP contribution in [0.15, 0.2) is 85.1 Å². The van der Waals surface area contributed by atoms with E-state index in [9.17, 15) is 19.5 Å². The molecule has 0 amide bonds. The van der Waals surface area contributed by atoms with E-state index < -0.39 is 24.3 Å². The van der Waals surface area contributed by atoms with Gasteiger partial charge in [0, 0.05) is 12.8 Å². The lowest BCUT2D eigenvalue weighted by atomic mass is 10.0. The largest absolute Gasteiger partial charge is 0.545 e. The summed E-state index contributed by atoms with van der Waals surface area (Å²) in [7, 11) is 5.95. The summed E-state index contributed by atoms with van der Waals surface area (Å²) in [6, 6.07) is 0. The number of unbranched alkanes of at least 4 members (excludes halogenated alkanes) is 53. The van der Waals surface area contributed by atoms with Gasteiger partial charge in [-0.05, 0) is 89.9 Å².